The minimum absolute atomic E-state index is 0.0406. The average Bonchev–Trinajstić information content (AvgIpc) is 2.68. The summed E-state index contributed by atoms with van der Waals surface area (Å²) in [5, 5.41) is -0.0406. The molecule has 0 amide bonds. The van der Waals surface area contributed by atoms with Gasteiger partial charge in [-0.2, -0.15) is 0 Å². The standard InChI is InChI=1S/C14H14BrClS/c1-3-10-6-4-5-7-11(10)14(16)13-8-12(15)9(2)17-13/h4-8,14H,3H2,1-2H3. The van der Waals surface area contributed by atoms with Crippen molar-refractivity contribution >= 4 is 38.9 Å². The van der Waals surface area contributed by atoms with Crippen molar-refractivity contribution in [3.05, 3.63) is 55.7 Å². The van der Waals surface area contributed by atoms with Crippen LogP contribution < -0.4 is 0 Å². The van der Waals surface area contributed by atoms with Gasteiger partial charge in [0.25, 0.3) is 0 Å². The molecule has 0 aliphatic rings. The van der Waals surface area contributed by atoms with Crippen molar-refractivity contribution in [1.82, 2.24) is 0 Å². The highest BCUT2D eigenvalue weighted by Gasteiger charge is 2.16. The zero-order chi connectivity index (χ0) is 12.4. The normalized spacial score (nSPS) is 12.7. The number of benzene rings is 1. The second-order valence-electron chi connectivity index (χ2n) is 3.97. The van der Waals surface area contributed by atoms with E-state index in [9.17, 15) is 0 Å². The number of alkyl halides is 1. The van der Waals surface area contributed by atoms with E-state index in [0.717, 1.165) is 10.9 Å². The zero-order valence-electron chi connectivity index (χ0n) is 9.84. The van der Waals surface area contributed by atoms with Gasteiger partial charge in [0.15, 0.2) is 0 Å². The highest BCUT2D eigenvalue weighted by atomic mass is 79.9. The number of thiophene rings is 1. The number of hydrogen-bond donors (Lipinski definition) is 0. The zero-order valence-corrected chi connectivity index (χ0v) is 13.0. The van der Waals surface area contributed by atoms with Crippen LogP contribution in [0.15, 0.2) is 34.8 Å². The molecule has 90 valence electrons. The molecule has 0 spiro atoms. The molecule has 2 rings (SSSR count). The van der Waals surface area contributed by atoms with Crippen molar-refractivity contribution in [2.45, 2.75) is 25.6 Å². The Morgan fingerprint density at radius 1 is 1.35 bits per heavy atom. The summed E-state index contributed by atoms with van der Waals surface area (Å²) >= 11 is 11.9. The lowest BCUT2D eigenvalue weighted by molar-refractivity contribution is 1.05. The monoisotopic (exact) mass is 328 g/mol. The Labute approximate surface area is 120 Å². The van der Waals surface area contributed by atoms with Crippen LogP contribution in [0.25, 0.3) is 0 Å². The van der Waals surface area contributed by atoms with Crippen LogP contribution in [-0.4, -0.2) is 0 Å². The smallest absolute Gasteiger partial charge is 0.0930 e. The Bertz CT molecular complexity index is 499. The molecule has 2 aromatic rings. The van der Waals surface area contributed by atoms with E-state index >= 15 is 0 Å². The Hall–Kier alpha value is -0.310. The summed E-state index contributed by atoms with van der Waals surface area (Å²) in [6, 6.07) is 10.5. The van der Waals surface area contributed by atoms with Gasteiger partial charge in [-0.3, -0.25) is 0 Å². The largest absolute Gasteiger partial charge is 0.143 e. The van der Waals surface area contributed by atoms with Gasteiger partial charge in [0, 0.05) is 14.2 Å². The van der Waals surface area contributed by atoms with Gasteiger partial charge < -0.3 is 0 Å². The SMILES string of the molecule is CCc1ccccc1C(Cl)c1cc(Br)c(C)s1. The molecule has 0 radical (unpaired) electrons. The molecule has 0 nitrogen and oxygen atoms in total. The minimum Gasteiger partial charge on any atom is -0.143 e. The summed E-state index contributed by atoms with van der Waals surface area (Å²) in [5.41, 5.74) is 2.56. The third kappa shape index (κ3) is 2.75. The van der Waals surface area contributed by atoms with Crippen LogP contribution in [0, 0.1) is 6.92 Å². The molecule has 0 N–H and O–H groups in total. The Balaban J connectivity index is 2.39. The summed E-state index contributed by atoms with van der Waals surface area (Å²) in [6.07, 6.45) is 1.02. The lowest BCUT2D eigenvalue weighted by Crippen LogP contribution is -1.96. The molecular formula is C14H14BrClS. The summed E-state index contributed by atoms with van der Waals surface area (Å²) < 4.78 is 1.15. The van der Waals surface area contributed by atoms with E-state index in [0.29, 0.717) is 0 Å². The summed E-state index contributed by atoms with van der Waals surface area (Å²) in [7, 11) is 0. The van der Waals surface area contributed by atoms with Gasteiger partial charge in [-0.25, -0.2) is 0 Å². The maximum atomic E-state index is 6.59. The maximum Gasteiger partial charge on any atom is 0.0930 e. The van der Waals surface area contributed by atoms with Crippen LogP contribution >= 0.6 is 38.9 Å². The minimum atomic E-state index is -0.0406. The molecule has 0 aliphatic carbocycles. The van der Waals surface area contributed by atoms with Crippen molar-refractivity contribution in [3.8, 4) is 0 Å². The predicted octanol–water partition coefficient (Wildman–Crippen LogP) is 5.71. The van der Waals surface area contributed by atoms with E-state index in [1.54, 1.807) is 11.3 Å². The van der Waals surface area contributed by atoms with E-state index in [2.05, 4.69) is 60.1 Å². The summed E-state index contributed by atoms with van der Waals surface area (Å²) in [4.78, 5) is 2.48. The topological polar surface area (TPSA) is 0 Å². The molecule has 0 saturated carbocycles. The molecule has 0 fully saturated rings. The van der Waals surface area contributed by atoms with Gasteiger partial charge in [0.1, 0.15) is 0 Å². The van der Waals surface area contributed by atoms with Gasteiger partial charge in [-0.15, -0.1) is 22.9 Å². The van der Waals surface area contributed by atoms with Crippen molar-refractivity contribution in [3.63, 3.8) is 0 Å². The molecule has 17 heavy (non-hydrogen) atoms. The fourth-order valence-corrected chi connectivity index (χ4v) is 3.83. The van der Waals surface area contributed by atoms with Crippen LogP contribution in [0.5, 0.6) is 0 Å². The first-order chi connectivity index (χ1) is 8.13. The van der Waals surface area contributed by atoms with Gasteiger partial charge in [0.2, 0.25) is 0 Å². The number of hydrogen-bond acceptors (Lipinski definition) is 1. The third-order valence-electron chi connectivity index (χ3n) is 2.84. The van der Waals surface area contributed by atoms with Crippen LogP contribution in [0.4, 0.5) is 0 Å². The Morgan fingerprint density at radius 2 is 2.06 bits per heavy atom. The van der Waals surface area contributed by atoms with E-state index in [1.165, 1.54) is 20.9 Å². The Kier molecular flexibility index (Phi) is 4.29. The summed E-state index contributed by atoms with van der Waals surface area (Å²) in [6.45, 7) is 4.27. The predicted molar refractivity (Wildman–Crippen MR) is 80.3 cm³/mol. The average molecular weight is 330 g/mol. The number of halogens is 2. The molecule has 1 aromatic heterocycles. The fourth-order valence-electron chi connectivity index (χ4n) is 1.86. The number of rotatable bonds is 3. The lowest BCUT2D eigenvalue weighted by atomic mass is 10.0. The van der Waals surface area contributed by atoms with Gasteiger partial charge in [-0.05, 0) is 46.5 Å². The molecule has 0 saturated heterocycles. The third-order valence-corrected chi connectivity index (χ3v) is 5.64. The molecule has 0 bridgehead atoms. The lowest BCUT2D eigenvalue weighted by Gasteiger charge is -2.12. The molecule has 1 heterocycles. The quantitative estimate of drug-likeness (QED) is 0.633. The maximum absolute atomic E-state index is 6.59. The van der Waals surface area contributed by atoms with Gasteiger partial charge in [0.05, 0.1) is 5.38 Å². The van der Waals surface area contributed by atoms with Crippen LogP contribution in [0.3, 0.4) is 0 Å². The van der Waals surface area contributed by atoms with E-state index in [-0.39, 0.29) is 5.38 Å². The molecule has 1 aromatic carbocycles. The van der Waals surface area contributed by atoms with Crippen LogP contribution in [0.1, 0.15) is 33.2 Å². The second-order valence-corrected chi connectivity index (χ2v) is 6.55. The first-order valence-corrected chi connectivity index (χ1v) is 7.65. The van der Waals surface area contributed by atoms with E-state index in [4.69, 9.17) is 11.6 Å². The molecule has 3 heteroatoms. The Morgan fingerprint density at radius 3 is 2.65 bits per heavy atom. The van der Waals surface area contributed by atoms with E-state index in [1.807, 2.05) is 0 Å². The van der Waals surface area contributed by atoms with Crippen molar-refractivity contribution < 1.29 is 0 Å². The van der Waals surface area contributed by atoms with Gasteiger partial charge >= 0.3 is 0 Å². The highest BCUT2D eigenvalue weighted by Crippen LogP contribution is 2.38. The summed E-state index contributed by atoms with van der Waals surface area (Å²) in [5.74, 6) is 0. The van der Waals surface area contributed by atoms with E-state index < -0.39 is 0 Å². The van der Waals surface area contributed by atoms with Crippen molar-refractivity contribution in [2.75, 3.05) is 0 Å². The molecule has 1 unspecified atom stereocenters. The number of aryl methyl sites for hydroxylation is 2. The first-order valence-electron chi connectivity index (χ1n) is 5.61. The van der Waals surface area contributed by atoms with Crippen molar-refractivity contribution in [2.24, 2.45) is 0 Å². The van der Waals surface area contributed by atoms with Crippen LogP contribution in [-0.2, 0) is 6.42 Å². The first kappa shape index (κ1) is 13.1. The molecule has 0 aliphatic heterocycles. The highest BCUT2D eigenvalue weighted by molar-refractivity contribution is 9.10. The molecule has 1 atom stereocenters. The molecular weight excluding hydrogens is 316 g/mol. The van der Waals surface area contributed by atoms with Crippen LogP contribution in [0.2, 0.25) is 0 Å². The fraction of sp³-hybridized carbons (Fsp3) is 0.286. The van der Waals surface area contributed by atoms with Crippen molar-refractivity contribution in [1.29, 1.82) is 0 Å². The van der Waals surface area contributed by atoms with Gasteiger partial charge in [-0.1, -0.05) is 31.2 Å². The second kappa shape index (κ2) is 5.55.